The van der Waals surface area contributed by atoms with Gasteiger partial charge in [-0.15, -0.1) is 0 Å². The van der Waals surface area contributed by atoms with Crippen molar-refractivity contribution in [1.29, 1.82) is 0 Å². The summed E-state index contributed by atoms with van der Waals surface area (Å²) in [4.78, 5) is 9.90. The summed E-state index contributed by atoms with van der Waals surface area (Å²) < 4.78 is 0. The van der Waals surface area contributed by atoms with Crippen LogP contribution in [0.25, 0.3) is 6.08 Å². The van der Waals surface area contributed by atoms with Crippen molar-refractivity contribution in [2.24, 2.45) is 0 Å². The van der Waals surface area contributed by atoms with Crippen LogP contribution in [0, 0.1) is 0 Å². The van der Waals surface area contributed by atoms with E-state index in [2.05, 4.69) is 0 Å². The van der Waals surface area contributed by atoms with Crippen LogP contribution < -0.4 is 0 Å². The van der Waals surface area contributed by atoms with E-state index in [-0.39, 0.29) is 6.61 Å². The molecule has 2 heteroatoms. The molecule has 0 aliphatic heterocycles. The molecule has 1 N–H and O–H groups in total. The lowest BCUT2D eigenvalue weighted by Gasteiger charge is -1.99. The molecule has 1 rings (SSSR count). The van der Waals surface area contributed by atoms with Crippen molar-refractivity contribution in [1.82, 2.24) is 0 Å². The van der Waals surface area contributed by atoms with Crippen LogP contribution in [0.5, 0.6) is 0 Å². The number of benzene rings is 1. The summed E-state index contributed by atoms with van der Waals surface area (Å²) in [6.07, 6.45) is 4.57. The van der Waals surface area contributed by atoms with Gasteiger partial charge in [0.1, 0.15) is 0 Å². The Bertz CT molecular complexity index is 290. The maximum absolute atomic E-state index is 9.90. The van der Waals surface area contributed by atoms with Gasteiger partial charge in [0.25, 0.3) is 0 Å². The van der Waals surface area contributed by atoms with Crippen molar-refractivity contribution in [3.8, 4) is 0 Å². The number of carbonyl (C=O) groups excluding carboxylic acids is 1. The average Bonchev–Trinajstić information content (AvgIpc) is 2.15. The van der Waals surface area contributed by atoms with Crippen LogP contribution in [-0.4, -0.2) is 11.4 Å². The van der Waals surface area contributed by atoms with Gasteiger partial charge in [0.2, 0.25) is 6.29 Å². The second-order valence-corrected chi connectivity index (χ2v) is 2.31. The van der Waals surface area contributed by atoms with E-state index in [9.17, 15) is 4.79 Å². The molecule has 0 saturated carbocycles. The minimum Gasteiger partial charge on any atom is -0.392 e. The monoisotopic (exact) mass is 161 g/mol. The summed E-state index contributed by atoms with van der Waals surface area (Å²) in [7, 11) is 0. The number of hydrogen-bond acceptors (Lipinski definition) is 2. The third kappa shape index (κ3) is 2.04. The molecule has 61 valence electrons. The fourth-order valence-electron chi connectivity index (χ4n) is 0.965. The first-order chi connectivity index (χ1) is 5.88. The Balaban J connectivity index is 2.96. The molecule has 0 saturated heterocycles. The number of aliphatic hydroxyl groups is 1. The van der Waals surface area contributed by atoms with Gasteiger partial charge in [-0.2, -0.15) is 0 Å². The Labute approximate surface area is 71.2 Å². The van der Waals surface area contributed by atoms with Crippen LogP contribution in [-0.2, 0) is 11.4 Å². The molecule has 0 amide bonds. The SMILES string of the molecule is O=[C]/C=C/c1ccccc1CO. The molecule has 2 nitrogen and oxygen atoms in total. The van der Waals surface area contributed by atoms with Crippen LogP contribution in [0.15, 0.2) is 30.3 Å². The van der Waals surface area contributed by atoms with Gasteiger partial charge in [-0.3, -0.25) is 4.79 Å². The summed E-state index contributed by atoms with van der Waals surface area (Å²) in [6, 6.07) is 7.33. The van der Waals surface area contributed by atoms with Crippen LogP contribution >= 0.6 is 0 Å². The van der Waals surface area contributed by atoms with E-state index in [0.29, 0.717) is 0 Å². The van der Waals surface area contributed by atoms with Crippen molar-refractivity contribution in [3.05, 3.63) is 41.5 Å². The van der Waals surface area contributed by atoms with E-state index in [1.807, 2.05) is 24.3 Å². The summed E-state index contributed by atoms with van der Waals surface area (Å²) in [5, 5.41) is 8.89. The van der Waals surface area contributed by atoms with Crippen LogP contribution in [0.3, 0.4) is 0 Å². The first kappa shape index (κ1) is 8.68. The molecule has 0 aliphatic rings. The zero-order chi connectivity index (χ0) is 8.81. The highest BCUT2D eigenvalue weighted by atomic mass is 16.3. The standard InChI is InChI=1S/C10H9O2/c11-7-3-6-9-4-1-2-5-10(9)8-12/h1-6,12H,8H2/b6-3+. The van der Waals surface area contributed by atoms with Crippen molar-refractivity contribution in [2.45, 2.75) is 6.61 Å². The van der Waals surface area contributed by atoms with Crippen LogP contribution in [0.4, 0.5) is 0 Å². The van der Waals surface area contributed by atoms with E-state index in [0.717, 1.165) is 11.1 Å². The first-order valence-corrected chi connectivity index (χ1v) is 3.61. The van der Waals surface area contributed by atoms with E-state index < -0.39 is 0 Å². The highest BCUT2D eigenvalue weighted by molar-refractivity contribution is 5.75. The smallest absolute Gasteiger partial charge is 0.225 e. The lowest BCUT2D eigenvalue weighted by atomic mass is 10.1. The normalized spacial score (nSPS) is 10.4. The van der Waals surface area contributed by atoms with Crippen molar-refractivity contribution < 1.29 is 9.90 Å². The average molecular weight is 161 g/mol. The van der Waals surface area contributed by atoms with Gasteiger partial charge in [0.15, 0.2) is 0 Å². The molecule has 0 unspecified atom stereocenters. The van der Waals surface area contributed by atoms with Gasteiger partial charge in [-0.05, 0) is 17.2 Å². The molecule has 1 radical (unpaired) electrons. The third-order valence-corrected chi connectivity index (χ3v) is 1.56. The Hall–Kier alpha value is -1.41. The largest absolute Gasteiger partial charge is 0.392 e. The summed E-state index contributed by atoms with van der Waals surface area (Å²) in [6.45, 7) is -0.0145. The Morgan fingerprint density at radius 1 is 1.42 bits per heavy atom. The molecule has 0 bridgehead atoms. The van der Waals surface area contributed by atoms with Gasteiger partial charge < -0.3 is 5.11 Å². The molecular weight excluding hydrogens is 152 g/mol. The molecule has 0 fully saturated rings. The zero-order valence-electron chi connectivity index (χ0n) is 6.53. The van der Waals surface area contributed by atoms with Crippen molar-refractivity contribution in [2.75, 3.05) is 0 Å². The predicted octanol–water partition coefficient (Wildman–Crippen LogP) is 1.30. The molecular formula is C10H9O2. The van der Waals surface area contributed by atoms with Crippen molar-refractivity contribution in [3.63, 3.8) is 0 Å². The summed E-state index contributed by atoms with van der Waals surface area (Å²) >= 11 is 0. The highest BCUT2D eigenvalue weighted by Crippen LogP contribution is 2.09. The van der Waals surface area contributed by atoms with E-state index in [4.69, 9.17) is 5.11 Å². The molecule has 1 aromatic rings. The van der Waals surface area contributed by atoms with Gasteiger partial charge in [0, 0.05) is 0 Å². The van der Waals surface area contributed by atoms with Crippen molar-refractivity contribution >= 4 is 12.4 Å². The van der Waals surface area contributed by atoms with Gasteiger partial charge in [0.05, 0.1) is 6.61 Å². The molecule has 12 heavy (non-hydrogen) atoms. The first-order valence-electron chi connectivity index (χ1n) is 3.61. The molecule has 0 aliphatic carbocycles. The maximum Gasteiger partial charge on any atom is 0.225 e. The Morgan fingerprint density at radius 3 is 2.83 bits per heavy atom. The molecule has 1 aromatic carbocycles. The Morgan fingerprint density at radius 2 is 2.17 bits per heavy atom. The van der Waals surface area contributed by atoms with Gasteiger partial charge in [-0.1, -0.05) is 30.3 Å². The summed E-state index contributed by atoms with van der Waals surface area (Å²) in [5.74, 6) is 0. The fraction of sp³-hybridized carbons (Fsp3) is 0.100. The molecule has 0 spiro atoms. The second-order valence-electron chi connectivity index (χ2n) is 2.31. The summed E-state index contributed by atoms with van der Waals surface area (Å²) in [5.41, 5.74) is 1.66. The number of hydrogen-bond donors (Lipinski definition) is 1. The molecule has 0 atom stereocenters. The maximum atomic E-state index is 9.90. The van der Waals surface area contributed by atoms with E-state index in [1.165, 1.54) is 6.08 Å². The predicted molar refractivity (Wildman–Crippen MR) is 47.1 cm³/mol. The van der Waals surface area contributed by atoms with Crippen LogP contribution in [0.2, 0.25) is 0 Å². The number of allylic oxidation sites excluding steroid dienone is 1. The number of aliphatic hydroxyl groups excluding tert-OH is 1. The lowest BCUT2D eigenvalue weighted by Crippen LogP contribution is -1.86. The lowest BCUT2D eigenvalue weighted by molar-refractivity contribution is 0.281. The van der Waals surface area contributed by atoms with E-state index in [1.54, 1.807) is 12.4 Å². The second kappa shape index (κ2) is 4.46. The molecule has 0 heterocycles. The topological polar surface area (TPSA) is 37.3 Å². The minimum atomic E-state index is -0.0145. The van der Waals surface area contributed by atoms with Crippen LogP contribution in [0.1, 0.15) is 11.1 Å². The highest BCUT2D eigenvalue weighted by Gasteiger charge is 1.94. The van der Waals surface area contributed by atoms with E-state index >= 15 is 0 Å². The van der Waals surface area contributed by atoms with Gasteiger partial charge >= 0.3 is 0 Å². The zero-order valence-corrected chi connectivity index (χ0v) is 6.53. The fourth-order valence-corrected chi connectivity index (χ4v) is 0.965. The quantitative estimate of drug-likeness (QED) is 0.678. The number of rotatable bonds is 3. The minimum absolute atomic E-state index is 0.0145. The molecule has 0 aromatic heterocycles. The Kier molecular flexibility index (Phi) is 3.23. The van der Waals surface area contributed by atoms with Gasteiger partial charge in [-0.25, -0.2) is 0 Å². The third-order valence-electron chi connectivity index (χ3n) is 1.56.